The molecule has 3 atom stereocenters. The van der Waals surface area contributed by atoms with E-state index in [1.165, 1.54) is 5.56 Å². The molecule has 18 heteroatoms. The van der Waals surface area contributed by atoms with Gasteiger partial charge in [0.05, 0.1) is 30.1 Å². The quantitative estimate of drug-likeness (QED) is 0.0526. The number of aliphatic hydroxyl groups excluding tert-OH is 3. The Hall–Kier alpha value is -2.10. The third-order valence-electron chi connectivity index (χ3n) is 12.0. The van der Waals surface area contributed by atoms with Crippen LogP contribution < -0.4 is 143 Å². The first kappa shape index (κ1) is 70.9. The van der Waals surface area contributed by atoms with Crippen LogP contribution in [0.4, 0.5) is 0 Å². The van der Waals surface area contributed by atoms with E-state index in [9.17, 15) is 24.9 Å². The maximum absolute atomic E-state index is 13.2. The molecule has 0 spiro atoms. The Morgan fingerprint density at radius 3 is 1.59 bits per heavy atom. The summed E-state index contributed by atoms with van der Waals surface area (Å²) in [5, 5.41) is 37.7. The first-order chi connectivity index (χ1) is 34.1. The maximum Gasteiger partial charge on any atom is 1.00 e. The molecule has 398 valence electrons. The summed E-state index contributed by atoms with van der Waals surface area (Å²) >= 11 is 6.03. The Balaban J connectivity index is 0.00000130. The first-order valence-corrected chi connectivity index (χ1v) is 24.2. The molecule has 2 aromatic heterocycles. The van der Waals surface area contributed by atoms with E-state index in [0.717, 1.165) is 39.7 Å². The maximum atomic E-state index is 13.2. The Bertz CT molecular complexity index is 2550. The fourth-order valence-electron chi connectivity index (χ4n) is 8.66. The number of benzene rings is 4. The van der Waals surface area contributed by atoms with E-state index in [-0.39, 0.29) is 229 Å². The molecule has 2 amide bonds. The van der Waals surface area contributed by atoms with Crippen LogP contribution in [0, 0.1) is 22.7 Å². The Morgan fingerprint density at radius 2 is 1.20 bits per heavy atom. The summed E-state index contributed by atoms with van der Waals surface area (Å²) in [6, 6.07) is 39.8. The molecule has 2 unspecified atom stereocenters. The van der Waals surface area contributed by atoms with Gasteiger partial charge in [0.1, 0.15) is 24.1 Å². The second-order valence-electron chi connectivity index (χ2n) is 19.7. The predicted octanol–water partition coefficient (Wildman–Crippen LogP) is 2.33. The average molecular weight is 1290 g/mol. The van der Waals surface area contributed by atoms with Crippen LogP contribution >= 0.6 is 11.6 Å². The summed E-state index contributed by atoms with van der Waals surface area (Å²) in [7, 11) is 0. The fourth-order valence-corrected chi connectivity index (χ4v) is 8.82. The van der Waals surface area contributed by atoms with Gasteiger partial charge in [-0.15, -0.1) is 11.6 Å². The molecular formula is C57H77ClCs2N6O9. The van der Waals surface area contributed by atoms with Crippen molar-refractivity contribution in [2.45, 2.75) is 81.6 Å². The van der Waals surface area contributed by atoms with Crippen molar-refractivity contribution >= 4 is 29.9 Å². The summed E-state index contributed by atoms with van der Waals surface area (Å²) < 4.78 is 9.82. The third-order valence-corrected chi connectivity index (χ3v) is 12.2. The summed E-state index contributed by atoms with van der Waals surface area (Å²) in [5.41, 5.74) is 5.33. The molecular weight excluding hydrogens is 1210 g/mol. The molecule has 15 nitrogen and oxygen atoms in total. The van der Waals surface area contributed by atoms with E-state index in [2.05, 4.69) is 98.2 Å². The van der Waals surface area contributed by atoms with Crippen LogP contribution in [0.2, 0.25) is 0 Å². The number of hydrogen-bond acceptors (Lipinski definition) is 11. The van der Waals surface area contributed by atoms with Crippen LogP contribution in [-0.2, 0) is 37.1 Å². The molecule has 1 aliphatic rings. The number of aliphatic hydroxyl groups is 3. The van der Waals surface area contributed by atoms with Crippen molar-refractivity contribution < 1.29 is 184 Å². The molecule has 1 saturated heterocycles. The predicted molar refractivity (Wildman–Crippen MR) is 286 cm³/mol. The fraction of sp³-hybridized carbons (Fsp3) is 0.421. The molecule has 7 rings (SSSR count). The van der Waals surface area contributed by atoms with E-state index in [1.54, 1.807) is 4.90 Å². The number of ether oxygens (including phenoxy) is 1. The molecule has 0 aliphatic carbocycles. The zero-order valence-corrected chi connectivity index (χ0v) is 56.8. The second-order valence-corrected chi connectivity index (χ2v) is 19.9. The van der Waals surface area contributed by atoms with Crippen LogP contribution in [0.3, 0.4) is 0 Å². The van der Waals surface area contributed by atoms with Gasteiger partial charge < -0.3 is 50.6 Å². The van der Waals surface area contributed by atoms with Crippen molar-refractivity contribution in [2.24, 2.45) is 22.7 Å². The number of rotatable bonds is 17. The molecule has 0 radical (unpaired) electrons. The largest absolute Gasteiger partial charge is 1.00 e. The summed E-state index contributed by atoms with van der Waals surface area (Å²) in [5.74, 6) is 0.475. The number of hydrogen-bond donors (Lipinski definition) is 3. The van der Waals surface area contributed by atoms with Gasteiger partial charge in [-0.2, -0.15) is 0 Å². The molecule has 4 aromatic carbocycles. The van der Waals surface area contributed by atoms with Crippen LogP contribution in [0.5, 0.6) is 0 Å². The topological polar surface area (TPSA) is 196 Å². The van der Waals surface area contributed by atoms with E-state index >= 15 is 0 Å². The normalized spacial score (nSPS) is 14.1. The molecule has 1 aliphatic heterocycles. The van der Waals surface area contributed by atoms with Crippen LogP contribution in [-0.4, -0.2) is 115 Å². The van der Waals surface area contributed by atoms with Gasteiger partial charge >= 0.3 is 138 Å². The number of aromatic nitrogens is 4. The molecule has 6 aromatic rings. The van der Waals surface area contributed by atoms with Gasteiger partial charge in [0.25, 0.3) is 6.47 Å². The Morgan fingerprint density at radius 1 is 0.773 bits per heavy atom. The Labute approximate surface area is 569 Å². The summed E-state index contributed by atoms with van der Waals surface area (Å²) in [6.07, 6.45) is 4.11. The van der Waals surface area contributed by atoms with Gasteiger partial charge in [0.2, 0.25) is 11.8 Å². The van der Waals surface area contributed by atoms with Crippen molar-refractivity contribution in [3.63, 3.8) is 0 Å². The van der Waals surface area contributed by atoms with Crippen molar-refractivity contribution in [2.75, 3.05) is 52.0 Å². The van der Waals surface area contributed by atoms with Gasteiger partial charge in [0.15, 0.2) is 0 Å². The van der Waals surface area contributed by atoms with E-state index < -0.39 is 17.4 Å². The van der Waals surface area contributed by atoms with Crippen molar-refractivity contribution in [3.8, 4) is 22.5 Å². The number of nitrogens with zero attached hydrogens (tertiary/aromatic N) is 6. The third kappa shape index (κ3) is 21.1. The minimum atomic E-state index is -0.469. The number of carbonyl (C=O) groups excluding carboxylic acids is 3. The number of carbonyl (C=O) groups is 3. The minimum absolute atomic E-state index is 0. The molecule has 1 fully saturated rings. The van der Waals surface area contributed by atoms with Crippen LogP contribution in [0.25, 0.3) is 22.5 Å². The van der Waals surface area contributed by atoms with Crippen molar-refractivity contribution in [1.82, 2.24) is 28.9 Å². The smallest absolute Gasteiger partial charge is 1.00 e. The van der Waals surface area contributed by atoms with Gasteiger partial charge in [-0.1, -0.05) is 178 Å². The van der Waals surface area contributed by atoms with Gasteiger partial charge in [-0.3, -0.25) is 14.4 Å². The summed E-state index contributed by atoms with van der Waals surface area (Å²) in [4.78, 5) is 51.2. The standard InChI is InChI=1S/C27H34ClN3O3.C27H33N3O3.CH2O3.2CH4.2Cs.H/c1-27(2,3)25(31(24(34)14-28)16-21(18-32)19-33)26-29-23(22-12-8-5-9-13-22)17-30(26)15-20-10-6-4-7-11-20;1-27(2,3)25(30-15-21(17-31)18-33-19-24(30)32)26-28-23(22-12-8-5-9-13-22)16-29(26)14-20-10-6-4-7-11-20;2-1-4-3;;;;;/h4-13,17,21,25,32-33H,14-16,18-19H2,1-3H3;4-13,16,21,25,31H,14-15,17-19H2,1-3H3;1,3H;2*1H4;;;/q;;;;;2*+1;-1/p-1/t25-;;;;;;;/m0......./s1. The van der Waals surface area contributed by atoms with Gasteiger partial charge in [-0.25, -0.2) is 9.97 Å². The molecule has 75 heavy (non-hydrogen) atoms. The average Bonchev–Trinajstić information content (AvgIpc) is 3.92. The zero-order valence-electron chi connectivity index (χ0n) is 44.5. The van der Waals surface area contributed by atoms with Crippen molar-refractivity contribution in [3.05, 3.63) is 156 Å². The number of imidazole rings is 2. The van der Waals surface area contributed by atoms with Crippen molar-refractivity contribution in [1.29, 1.82) is 0 Å². The van der Waals surface area contributed by atoms with E-state index in [0.29, 0.717) is 26.2 Å². The molecule has 3 N–H and O–H groups in total. The number of alkyl halides is 1. The van der Waals surface area contributed by atoms with E-state index in [1.807, 2.05) is 96.0 Å². The van der Waals surface area contributed by atoms with E-state index in [4.69, 9.17) is 36.4 Å². The van der Waals surface area contributed by atoms with Crippen LogP contribution in [0.1, 0.15) is 92.7 Å². The monoisotopic (exact) mass is 1290 g/mol. The molecule has 0 saturated carbocycles. The van der Waals surface area contributed by atoms with Gasteiger partial charge in [-0.05, 0) is 22.0 Å². The molecule has 3 heterocycles. The zero-order chi connectivity index (χ0) is 51.6. The summed E-state index contributed by atoms with van der Waals surface area (Å²) in [6.45, 7) is 14.2. The molecule has 0 bridgehead atoms. The SMILES string of the molecule is C.C.CC(C)(C)C(c1nc(-c2ccccc2)cn1Cc1ccccc1)N1CC(CO)COCC1=O.CC(C)(C)[C@H](c1nc(-c2ccccc2)cn1Cc1ccccc1)N(CC(CO)CO)C(=O)CCl.O=CO[O-].[Cs+].[Cs+].[H-]. The minimum Gasteiger partial charge on any atom is -1.00 e. The number of halogens is 1. The Kier molecular flexibility index (Phi) is 33.6. The first-order valence-electron chi connectivity index (χ1n) is 23.7. The van der Waals surface area contributed by atoms with Gasteiger partial charge in [0, 0.05) is 81.4 Å². The van der Waals surface area contributed by atoms with Crippen LogP contribution in [0.15, 0.2) is 134 Å². The second kappa shape index (κ2) is 35.5. The number of amides is 2.